The molecule has 2 aromatic carbocycles. The Morgan fingerprint density at radius 2 is 1.93 bits per heavy atom. The van der Waals surface area contributed by atoms with Gasteiger partial charge in [0.1, 0.15) is 23.5 Å². The summed E-state index contributed by atoms with van der Waals surface area (Å²) in [6.45, 7) is 7.07. The molecule has 3 aliphatic rings. The highest BCUT2D eigenvalue weighted by atomic mass is 19.2. The molecule has 1 saturated carbocycles. The van der Waals surface area contributed by atoms with Crippen molar-refractivity contribution in [2.24, 2.45) is 5.92 Å². The molecule has 2 aromatic rings. The van der Waals surface area contributed by atoms with Crippen molar-refractivity contribution >= 4 is 17.8 Å². The largest absolute Gasteiger partial charge is 0.444 e. The van der Waals surface area contributed by atoms with Crippen molar-refractivity contribution in [2.75, 3.05) is 0 Å². The molecule has 2 amide bonds. The van der Waals surface area contributed by atoms with Crippen LogP contribution in [-0.4, -0.2) is 46.4 Å². The van der Waals surface area contributed by atoms with Crippen LogP contribution in [0.15, 0.2) is 30.3 Å². The van der Waals surface area contributed by atoms with Crippen LogP contribution in [0.2, 0.25) is 0 Å². The molecule has 5 atom stereocenters. The molecule has 1 saturated heterocycles. The van der Waals surface area contributed by atoms with Gasteiger partial charge in [0.25, 0.3) is 0 Å². The van der Waals surface area contributed by atoms with E-state index in [1.165, 1.54) is 17.0 Å². The van der Waals surface area contributed by atoms with E-state index in [0.29, 0.717) is 18.4 Å². The van der Waals surface area contributed by atoms with E-state index in [2.05, 4.69) is 5.32 Å². The van der Waals surface area contributed by atoms with Gasteiger partial charge in [0.2, 0.25) is 5.91 Å². The minimum absolute atomic E-state index is 0.0457. The first-order valence-corrected chi connectivity index (χ1v) is 13.7. The Hall–Kier alpha value is -3.80. The number of nitriles is 1. The third kappa shape index (κ3) is 5.07. The molecule has 0 radical (unpaired) electrons. The smallest absolute Gasteiger partial charge is 0.411 e. The van der Waals surface area contributed by atoms with E-state index in [4.69, 9.17) is 4.74 Å². The standard InChI is InChI=1S/C31H33F2N3O4/c1-16-24-13-17(5-6-18(24)14-25(16)37)23-10-8-19(26(32)27(23)33)11-21(15-34)35-29(38)28-20-7-9-22(12-20)36(28)30(39)40-31(2,3)4/h5-6,8,10,13,16,20-22,28H,7,9,11-12,14H2,1-4H3,(H,35,38)/t16?,20-,21-,22+,28-/m0/s1. The van der Waals surface area contributed by atoms with E-state index in [-0.39, 0.29) is 41.2 Å². The molecule has 1 heterocycles. The zero-order chi connectivity index (χ0) is 28.9. The number of carbonyl (C=O) groups is 3. The van der Waals surface area contributed by atoms with Crippen molar-refractivity contribution in [2.45, 2.75) is 89.4 Å². The van der Waals surface area contributed by atoms with Gasteiger partial charge < -0.3 is 10.1 Å². The Morgan fingerprint density at radius 3 is 2.62 bits per heavy atom. The minimum atomic E-state index is -1.13. The Morgan fingerprint density at radius 1 is 1.18 bits per heavy atom. The summed E-state index contributed by atoms with van der Waals surface area (Å²) in [7, 11) is 0. The van der Waals surface area contributed by atoms with Gasteiger partial charge in [-0.2, -0.15) is 5.26 Å². The van der Waals surface area contributed by atoms with E-state index >= 15 is 8.78 Å². The molecule has 40 heavy (non-hydrogen) atoms. The molecule has 0 aromatic heterocycles. The van der Waals surface area contributed by atoms with Gasteiger partial charge in [-0.1, -0.05) is 37.3 Å². The number of likely N-dealkylation sites (tertiary alicyclic amines) is 1. The Bertz CT molecular complexity index is 1430. The van der Waals surface area contributed by atoms with Crippen LogP contribution in [0, 0.1) is 28.9 Å². The number of piperidine rings is 1. The van der Waals surface area contributed by atoms with Crippen LogP contribution in [-0.2, 0) is 27.2 Å². The highest BCUT2D eigenvalue weighted by Gasteiger charge is 2.52. The zero-order valence-corrected chi connectivity index (χ0v) is 23.1. The van der Waals surface area contributed by atoms with Gasteiger partial charge in [0, 0.05) is 30.4 Å². The number of amides is 2. The summed E-state index contributed by atoms with van der Waals surface area (Å²) in [5, 5.41) is 12.4. The number of Topliss-reactive ketones (excluding diaryl/α,β-unsaturated/α-hetero) is 1. The maximum Gasteiger partial charge on any atom is 0.411 e. The second-order valence-electron chi connectivity index (χ2n) is 12.1. The molecular weight excluding hydrogens is 516 g/mol. The number of benzene rings is 2. The molecule has 1 N–H and O–H groups in total. The molecule has 5 rings (SSSR count). The molecule has 0 spiro atoms. The van der Waals surface area contributed by atoms with Crippen LogP contribution >= 0.6 is 0 Å². The Balaban J connectivity index is 1.31. The lowest BCUT2D eigenvalue weighted by Gasteiger charge is -2.35. The highest BCUT2D eigenvalue weighted by Crippen LogP contribution is 2.43. The normalized spacial score (nSPS) is 24.0. The number of ketones is 1. The molecule has 2 fully saturated rings. The zero-order valence-electron chi connectivity index (χ0n) is 23.1. The molecule has 1 unspecified atom stereocenters. The van der Waals surface area contributed by atoms with Crippen LogP contribution in [0.3, 0.4) is 0 Å². The third-order valence-electron chi connectivity index (χ3n) is 8.29. The van der Waals surface area contributed by atoms with Crippen molar-refractivity contribution in [3.63, 3.8) is 0 Å². The third-order valence-corrected chi connectivity index (χ3v) is 8.29. The summed E-state index contributed by atoms with van der Waals surface area (Å²) in [5.41, 5.74) is 1.47. The highest BCUT2D eigenvalue weighted by molar-refractivity contribution is 5.93. The number of rotatable bonds is 5. The number of ether oxygens (including phenoxy) is 1. The summed E-state index contributed by atoms with van der Waals surface area (Å²) in [6.07, 6.45) is 1.79. The van der Waals surface area contributed by atoms with E-state index < -0.39 is 41.3 Å². The second-order valence-corrected chi connectivity index (χ2v) is 12.1. The number of hydrogen-bond acceptors (Lipinski definition) is 5. The molecule has 9 heteroatoms. The van der Waals surface area contributed by atoms with Crippen LogP contribution in [0.4, 0.5) is 13.6 Å². The number of fused-ring (bicyclic) bond motifs is 3. The minimum Gasteiger partial charge on any atom is -0.444 e. The second kappa shape index (κ2) is 10.3. The lowest BCUT2D eigenvalue weighted by molar-refractivity contribution is -0.128. The summed E-state index contributed by atoms with van der Waals surface area (Å²) < 4.78 is 36.0. The lowest BCUT2D eigenvalue weighted by atomic mass is 9.94. The van der Waals surface area contributed by atoms with Crippen molar-refractivity contribution in [1.29, 1.82) is 5.26 Å². The van der Waals surface area contributed by atoms with Crippen LogP contribution in [0.5, 0.6) is 0 Å². The fraction of sp³-hybridized carbons (Fsp3) is 0.484. The monoisotopic (exact) mass is 549 g/mol. The number of nitrogens with zero attached hydrogens (tertiary/aromatic N) is 2. The molecule has 210 valence electrons. The maximum atomic E-state index is 15.2. The fourth-order valence-electron chi connectivity index (χ4n) is 6.32. The van der Waals surface area contributed by atoms with Gasteiger partial charge in [0.05, 0.1) is 6.07 Å². The summed E-state index contributed by atoms with van der Waals surface area (Å²) in [6, 6.07) is 8.01. The van der Waals surface area contributed by atoms with Crippen LogP contribution < -0.4 is 5.32 Å². The van der Waals surface area contributed by atoms with Crippen molar-refractivity contribution in [3.05, 3.63) is 58.7 Å². The van der Waals surface area contributed by atoms with E-state index in [9.17, 15) is 19.6 Å². The van der Waals surface area contributed by atoms with Crippen molar-refractivity contribution in [1.82, 2.24) is 10.2 Å². The van der Waals surface area contributed by atoms with Gasteiger partial charge in [-0.05, 0) is 68.2 Å². The first-order chi connectivity index (χ1) is 18.9. The molecule has 2 aliphatic carbocycles. The first kappa shape index (κ1) is 27.8. The number of hydrogen-bond donors (Lipinski definition) is 1. The average molecular weight is 550 g/mol. The van der Waals surface area contributed by atoms with Crippen molar-refractivity contribution in [3.8, 4) is 17.2 Å². The lowest BCUT2D eigenvalue weighted by Crippen LogP contribution is -2.55. The summed E-state index contributed by atoms with van der Waals surface area (Å²) in [5.74, 6) is -2.88. The summed E-state index contributed by atoms with van der Waals surface area (Å²) in [4.78, 5) is 39.7. The molecule has 1 aliphatic heterocycles. The maximum absolute atomic E-state index is 15.2. The average Bonchev–Trinajstić information content (AvgIpc) is 3.59. The van der Waals surface area contributed by atoms with Crippen LogP contribution in [0.25, 0.3) is 11.1 Å². The van der Waals surface area contributed by atoms with E-state index in [1.807, 2.05) is 6.07 Å². The number of nitrogens with one attached hydrogen (secondary N) is 1. The SMILES string of the molecule is CC1C(=O)Cc2ccc(-c3ccc(C[C@@H](C#N)NC(=O)[C@@H]4[C@H]5CC[C@H](C5)N4C(=O)OC(C)(C)C)c(F)c3F)cc21. The quantitative estimate of drug-likeness (QED) is 0.553. The molecule has 7 nitrogen and oxygen atoms in total. The van der Waals surface area contributed by atoms with Gasteiger partial charge in [0.15, 0.2) is 11.6 Å². The molecular formula is C31H33F2N3O4. The fourth-order valence-corrected chi connectivity index (χ4v) is 6.32. The van der Waals surface area contributed by atoms with Gasteiger partial charge in [-0.25, -0.2) is 13.6 Å². The number of halogens is 2. The van der Waals surface area contributed by atoms with Gasteiger partial charge >= 0.3 is 6.09 Å². The topological polar surface area (TPSA) is 99.5 Å². The number of carbonyl (C=O) groups excluding carboxylic acids is 3. The predicted octanol–water partition coefficient (Wildman–Crippen LogP) is 5.20. The predicted molar refractivity (Wildman–Crippen MR) is 143 cm³/mol. The van der Waals surface area contributed by atoms with Crippen LogP contribution in [0.1, 0.15) is 69.6 Å². The Kier molecular flexibility index (Phi) is 7.15. The van der Waals surface area contributed by atoms with E-state index in [0.717, 1.165) is 24.0 Å². The summed E-state index contributed by atoms with van der Waals surface area (Å²) >= 11 is 0. The van der Waals surface area contributed by atoms with Gasteiger partial charge in [-0.3, -0.25) is 14.5 Å². The van der Waals surface area contributed by atoms with Crippen molar-refractivity contribution < 1.29 is 27.9 Å². The van der Waals surface area contributed by atoms with Gasteiger partial charge in [-0.15, -0.1) is 0 Å². The first-order valence-electron chi connectivity index (χ1n) is 13.7. The van der Waals surface area contributed by atoms with E-state index in [1.54, 1.807) is 45.9 Å². The Labute approximate surface area is 232 Å². The molecule has 2 bridgehead atoms.